The summed E-state index contributed by atoms with van der Waals surface area (Å²) < 4.78 is 0. The normalized spacial score (nSPS) is 14.2. The van der Waals surface area contributed by atoms with Gasteiger partial charge in [0, 0.05) is 0 Å². The van der Waals surface area contributed by atoms with Crippen molar-refractivity contribution in [3.8, 4) is 0 Å². The lowest BCUT2D eigenvalue weighted by Crippen LogP contribution is -2.55. The van der Waals surface area contributed by atoms with Crippen LogP contribution in [0, 0.1) is 5.92 Å². The molecule has 0 spiro atoms. The fourth-order valence-corrected chi connectivity index (χ4v) is 1.91. The quantitative estimate of drug-likeness (QED) is 0.250. The fraction of sp³-hybridized carbons (Fsp3) is 0.643. The summed E-state index contributed by atoms with van der Waals surface area (Å²) >= 11 is 0. The van der Waals surface area contributed by atoms with E-state index in [1.54, 1.807) is 13.8 Å². The topological polar surface area (TPSA) is 196 Å². The lowest BCUT2D eigenvalue weighted by molar-refractivity contribution is -0.144. The maximum atomic E-state index is 12.1. The first-order valence-corrected chi connectivity index (χ1v) is 7.46. The molecule has 0 heterocycles. The Labute approximate surface area is 143 Å². The Balaban J connectivity index is 5.08. The SMILES string of the molecule is CC(C)CC(NC(=O)C(CC(=O)O)NC(=O)C(N)CC(=O)O)C(=O)O. The molecule has 0 aliphatic heterocycles. The van der Waals surface area contributed by atoms with Gasteiger partial charge in [0.2, 0.25) is 11.8 Å². The van der Waals surface area contributed by atoms with Crippen molar-refractivity contribution in [1.82, 2.24) is 10.6 Å². The Bertz CT molecular complexity index is 534. The number of hydrogen-bond donors (Lipinski definition) is 6. The summed E-state index contributed by atoms with van der Waals surface area (Å²) in [7, 11) is 0. The van der Waals surface area contributed by atoms with Crippen molar-refractivity contribution in [3.05, 3.63) is 0 Å². The molecule has 0 fully saturated rings. The molecule has 0 saturated heterocycles. The van der Waals surface area contributed by atoms with Crippen LogP contribution in [0.5, 0.6) is 0 Å². The van der Waals surface area contributed by atoms with Crippen LogP contribution in [0.25, 0.3) is 0 Å². The molecule has 2 amide bonds. The summed E-state index contributed by atoms with van der Waals surface area (Å²) in [5.74, 6) is -6.15. The number of carbonyl (C=O) groups excluding carboxylic acids is 2. The van der Waals surface area contributed by atoms with Gasteiger partial charge in [0.25, 0.3) is 0 Å². The molecule has 0 radical (unpaired) electrons. The minimum Gasteiger partial charge on any atom is -0.481 e. The Morgan fingerprint density at radius 2 is 1.32 bits per heavy atom. The van der Waals surface area contributed by atoms with Crippen LogP contribution in [-0.4, -0.2) is 63.2 Å². The molecule has 25 heavy (non-hydrogen) atoms. The van der Waals surface area contributed by atoms with Crippen molar-refractivity contribution in [2.75, 3.05) is 0 Å². The van der Waals surface area contributed by atoms with E-state index in [1.165, 1.54) is 0 Å². The number of rotatable bonds is 11. The summed E-state index contributed by atoms with van der Waals surface area (Å²) in [6, 6.07) is -4.32. The molecule has 142 valence electrons. The first-order chi connectivity index (χ1) is 11.4. The van der Waals surface area contributed by atoms with Crippen LogP contribution in [0.1, 0.15) is 33.1 Å². The molecule has 0 aromatic carbocycles. The van der Waals surface area contributed by atoms with Crippen LogP contribution in [0.15, 0.2) is 0 Å². The molecule has 0 aromatic rings. The predicted molar refractivity (Wildman–Crippen MR) is 83.4 cm³/mol. The highest BCUT2D eigenvalue weighted by atomic mass is 16.4. The number of carboxylic acid groups (broad SMARTS) is 3. The van der Waals surface area contributed by atoms with E-state index >= 15 is 0 Å². The van der Waals surface area contributed by atoms with Crippen LogP contribution in [-0.2, 0) is 24.0 Å². The van der Waals surface area contributed by atoms with E-state index in [1.807, 2.05) is 5.32 Å². The highest BCUT2D eigenvalue weighted by molar-refractivity contribution is 5.94. The summed E-state index contributed by atoms with van der Waals surface area (Å²) in [6.07, 6.45) is -1.42. The highest BCUT2D eigenvalue weighted by Gasteiger charge is 2.30. The van der Waals surface area contributed by atoms with E-state index < -0.39 is 60.7 Å². The van der Waals surface area contributed by atoms with Crippen molar-refractivity contribution in [2.45, 2.75) is 51.2 Å². The van der Waals surface area contributed by atoms with Gasteiger partial charge in [0.15, 0.2) is 0 Å². The van der Waals surface area contributed by atoms with Gasteiger partial charge in [-0.25, -0.2) is 4.79 Å². The van der Waals surface area contributed by atoms with Crippen molar-refractivity contribution in [3.63, 3.8) is 0 Å². The molecule has 0 aliphatic carbocycles. The molecule has 0 aliphatic rings. The van der Waals surface area contributed by atoms with Gasteiger partial charge in [-0.3, -0.25) is 19.2 Å². The lowest BCUT2D eigenvalue weighted by Gasteiger charge is -2.22. The van der Waals surface area contributed by atoms with E-state index in [0.29, 0.717) is 0 Å². The Morgan fingerprint density at radius 1 is 0.840 bits per heavy atom. The first-order valence-electron chi connectivity index (χ1n) is 7.46. The van der Waals surface area contributed by atoms with Crippen LogP contribution in [0.2, 0.25) is 0 Å². The minimum atomic E-state index is -1.58. The first kappa shape index (κ1) is 22.3. The predicted octanol–water partition coefficient (Wildman–Crippen LogP) is -1.64. The zero-order valence-electron chi connectivity index (χ0n) is 13.9. The second-order valence-electron chi connectivity index (χ2n) is 5.89. The highest BCUT2D eigenvalue weighted by Crippen LogP contribution is 2.06. The van der Waals surface area contributed by atoms with E-state index in [4.69, 9.17) is 21.1 Å². The van der Waals surface area contributed by atoms with Gasteiger partial charge in [0.05, 0.1) is 18.9 Å². The van der Waals surface area contributed by atoms with Crippen molar-refractivity contribution < 1.29 is 39.3 Å². The number of aliphatic carboxylic acids is 3. The lowest BCUT2D eigenvalue weighted by atomic mass is 10.0. The average Bonchev–Trinajstić information content (AvgIpc) is 2.43. The van der Waals surface area contributed by atoms with Gasteiger partial charge in [-0.15, -0.1) is 0 Å². The van der Waals surface area contributed by atoms with E-state index in [9.17, 15) is 24.0 Å². The molecule has 0 rings (SSSR count). The molecule has 11 nitrogen and oxygen atoms in total. The summed E-state index contributed by atoms with van der Waals surface area (Å²) in [6.45, 7) is 3.48. The molecule has 0 saturated carbocycles. The fourth-order valence-electron chi connectivity index (χ4n) is 1.91. The Morgan fingerprint density at radius 3 is 1.72 bits per heavy atom. The standard InChI is InChI=1S/C14H23N3O8/c1-6(2)3-9(14(24)25)17-13(23)8(5-11(20)21)16-12(22)7(15)4-10(18)19/h6-9H,3-5,15H2,1-2H3,(H,16,22)(H,17,23)(H,18,19)(H,20,21)(H,24,25). The van der Waals surface area contributed by atoms with Crippen molar-refractivity contribution >= 4 is 29.7 Å². The molecule has 7 N–H and O–H groups in total. The van der Waals surface area contributed by atoms with E-state index in [2.05, 4.69) is 5.32 Å². The zero-order valence-corrected chi connectivity index (χ0v) is 13.9. The third-order valence-electron chi connectivity index (χ3n) is 3.06. The van der Waals surface area contributed by atoms with Crippen LogP contribution in [0.4, 0.5) is 0 Å². The van der Waals surface area contributed by atoms with E-state index in [-0.39, 0.29) is 12.3 Å². The summed E-state index contributed by atoms with van der Waals surface area (Å²) in [4.78, 5) is 56.5. The van der Waals surface area contributed by atoms with Gasteiger partial charge in [-0.1, -0.05) is 13.8 Å². The van der Waals surface area contributed by atoms with Crippen LogP contribution in [0.3, 0.4) is 0 Å². The number of amides is 2. The largest absolute Gasteiger partial charge is 0.481 e. The van der Waals surface area contributed by atoms with Gasteiger partial charge >= 0.3 is 17.9 Å². The third-order valence-corrected chi connectivity index (χ3v) is 3.06. The molecule has 11 heteroatoms. The number of hydrogen-bond acceptors (Lipinski definition) is 6. The van der Waals surface area contributed by atoms with Gasteiger partial charge in [-0.05, 0) is 12.3 Å². The second kappa shape index (κ2) is 10.2. The summed E-state index contributed by atoms with van der Waals surface area (Å²) in [5.41, 5.74) is 5.35. The molecule has 0 aromatic heterocycles. The average molecular weight is 361 g/mol. The third kappa shape index (κ3) is 9.25. The summed E-state index contributed by atoms with van der Waals surface area (Å²) in [5, 5.41) is 30.7. The molecule has 3 atom stereocenters. The van der Waals surface area contributed by atoms with Crippen molar-refractivity contribution in [2.24, 2.45) is 11.7 Å². The smallest absolute Gasteiger partial charge is 0.326 e. The van der Waals surface area contributed by atoms with Gasteiger partial charge in [0.1, 0.15) is 12.1 Å². The minimum absolute atomic E-state index is 0.0575. The molecule has 3 unspecified atom stereocenters. The number of carboxylic acids is 3. The Hall–Kier alpha value is -2.69. The maximum absolute atomic E-state index is 12.1. The monoisotopic (exact) mass is 361 g/mol. The number of nitrogens with two attached hydrogens (primary N) is 1. The zero-order chi connectivity index (χ0) is 19.7. The molecule has 0 bridgehead atoms. The molecular formula is C14H23N3O8. The van der Waals surface area contributed by atoms with Gasteiger partial charge < -0.3 is 31.7 Å². The van der Waals surface area contributed by atoms with Crippen molar-refractivity contribution in [1.29, 1.82) is 0 Å². The maximum Gasteiger partial charge on any atom is 0.326 e. The van der Waals surface area contributed by atoms with Crippen LogP contribution < -0.4 is 16.4 Å². The number of carbonyl (C=O) groups is 5. The molecular weight excluding hydrogens is 338 g/mol. The van der Waals surface area contributed by atoms with Gasteiger partial charge in [-0.2, -0.15) is 0 Å². The number of nitrogens with one attached hydrogen (secondary N) is 2. The van der Waals surface area contributed by atoms with E-state index in [0.717, 1.165) is 0 Å². The Kier molecular flexibility index (Phi) is 9.13. The van der Waals surface area contributed by atoms with Crippen LogP contribution >= 0.6 is 0 Å². The second-order valence-corrected chi connectivity index (χ2v) is 5.89.